The fourth-order valence-electron chi connectivity index (χ4n) is 5.33. The van der Waals surface area contributed by atoms with Gasteiger partial charge in [-0.2, -0.15) is 11.8 Å². The molecule has 1 saturated carbocycles. The molecule has 3 aromatic carbocycles. The van der Waals surface area contributed by atoms with E-state index in [-0.39, 0.29) is 11.8 Å². The predicted molar refractivity (Wildman–Crippen MR) is 146 cm³/mol. The van der Waals surface area contributed by atoms with Crippen molar-refractivity contribution in [3.05, 3.63) is 82.4 Å². The number of hydrogen-bond acceptors (Lipinski definition) is 4. The van der Waals surface area contributed by atoms with Crippen molar-refractivity contribution >= 4 is 17.7 Å². The van der Waals surface area contributed by atoms with Gasteiger partial charge in [-0.3, -0.25) is 4.79 Å². The number of aryl methyl sites for hydroxylation is 3. The van der Waals surface area contributed by atoms with Crippen LogP contribution in [0, 0.1) is 12.8 Å². The Balaban J connectivity index is 1.30. The molecule has 1 unspecified atom stereocenters. The second-order valence-electron chi connectivity index (χ2n) is 9.96. The van der Waals surface area contributed by atoms with E-state index in [0.29, 0.717) is 6.61 Å². The summed E-state index contributed by atoms with van der Waals surface area (Å²) in [6, 6.07) is 19.1. The Morgan fingerprint density at radius 3 is 2.56 bits per heavy atom. The molecule has 4 nitrogen and oxygen atoms in total. The Bertz CT molecular complexity index is 1230. The minimum Gasteiger partial charge on any atom is -0.494 e. The molecular formula is C31H34O4S. The number of rotatable bonds is 10. The van der Waals surface area contributed by atoms with Crippen LogP contribution in [0.25, 0.3) is 11.1 Å². The SMILES string of the molecule is CSCCCOc1cc(C)c2c(c1)CCCc1ccc(COc3ccc([C@H]4CC4C(=O)O)cc3)cc1-2. The van der Waals surface area contributed by atoms with Crippen LogP contribution >= 0.6 is 11.8 Å². The summed E-state index contributed by atoms with van der Waals surface area (Å²) in [6.07, 6.45) is 7.21. The van der Waals surface area contributed by atoms with Crippen LogP contribution in [0.2, 0.25) is 0 Å². The van der Waals surface area contributed by atoms with E-state index < -0.39 is 5.97 Å². The maximum Gasteiger partial charge on any atom is 0.307 e. The third-order valence-electron chi connectivity index (χ3n) is 7.31. The van der Waals surface area contributed by atoms with Gasteiger partial charge >= 0.3 is 5.97 Å². The molecule has 2 atom stereocenters. The number of carboxylic acid groups (broad SMARTS) is 1. The van der Waals surface area contributed by atoms with Crippen molar-refractivity contribution < 1.29 is 19.4 Å². The quantitative estimate of drug-likeness (QED) is 0.301. The lowest BCUT2D eigenvalue weighted by Gasteiger charge is -2.17. The lowest BCUT2D eigenvalue weighted by atomic mass is 9.91. The highest BCUT2D eigenvalue weighted by Crippen LogP contribution is 2.47. The number of carboxylic acids is 1. The van der Waals surface area contributed by atoms with Crippen LogP contribution in [-0.4, -0.2) is 29.7 Å². The van der Waals surface area contributed by atoms with Gasteiger partial charge in [0, 0.05) is 0 Å². The van der Waals surface area contributed by atoms with Crippen LogP contribution in [0.4, 0.5) is 0 Å². The number of thioether (sulfide) groups is 1. The van der Waals surface area contributed by atoms with E-state index in [1.165, 1.54) is 27.8 Å². The number of carbonyl (C=O) groups is 1. The highest BCUT2D eigenvalue weighted by molar-refractivity contribution is 7.98. The second kappa shape index (κ2) is 11.0. The van der Waals surface area contributed by atoms with E-state index in [9.17, 15) is 4.79 Å². The Morgan fingerprint density at radius 1 is 1.00 bits per heavy atom. The third kappa shape index (κ3) is 5.57. The summed E-state index contributed by atoms with van der Waals surface area (Å²) in [6.45, 7) is 3.46. The molecule has 1 N–H and O–H groups in total. The summed E-state index contributed by atoms with van der Waals surface area (Å²) in [5.41, 5.74) is 8.94. The second-order valence-corrected chi connectivity index (χ2v) is 10.9. The molecule has 0 saturated heterocycles. The van der Waals surface area contributed by atoms with Crippen LogP contribution in [0.15, 0.2) is 54.6 Å². The Labute approximate surface area is 218 Å². The number of aliphatic carboxylic acids is 1. The van der Waals surface area contributed by atoms with Crippen LogP contribution in [-0.2, 0) is 24.2 Å². The van der Waals surface area contributed by atoms with E-state index in [0.717, 1.165) is 67.1 Å². The molecule has 5 heteroatoms. The maximum atomic E-state index is 11.1. The molecule has 1 fully saturated rings. The van der Waals surface area contributed by atoms with Gasteiger partial charge in [-0.25, -0.2) is 0 Å². The molecule has 5 rings (SSSR count). The molecule has 3 aromatic rings. The van der Waals surface area contributed by atoms with E-state index in [2.05, 4.69) is 43.5 Å². The van der Waals surface area contributed by atoms with Crippen LogP contribution in [0.1, 0.15) is 53.0 Å². The summed E-state index contributed by atoms with van der Waals surface area (Å²) < 4.78 is 12.2. The van der Waals surface area contributed by atoms with Gasteiger partial charge in [0.05, 0.1) is 12.5 Å². The normalized spacial score (nSPS) is 18.1. The van der Waals surface area contributed by atoms with Crippen LogP contribution < -0.4 is 9.47 Å². The van der Waals surface area contributed by atoms with Crippen molar-refractivity contribution in [2.75, 3.05) is 18.6 Å². The molecule has 2 aliphatic carbocycles. The van der Waals surface area contributed by atoms with Gasteiger partial charge in [-0.1, -0.05) is 24.3 Å². The maximum absolute atomic E-state index is 11.1. The first-order chi connectivity index (χ1) is 17.5. The molecular weight excluding hydrogens is 468 g/mol. The zero-order valence-corrected chi connectivity index (χ0v) is 21.9. The zero-order valence-electron chi connectivity index (χ0n) is 21.1. The number of fused-ring (bicyclic) bond motifs is 3. The van der Waals surface area contributed by atoms with Crippen molar-refractivity contribution in [3.63, 3.8) is 0 Å². The predicted octanol–water partition coefficient (Wildman–Crippen LogP) is 7.05. The average Bonchev–Trinajstić information content (AvgIpc) is 3.69. The van der Waals surface area contributed by atoms with Gasteiger partial charge in [0.1, 0.15) is 18.1 Å². The van der Waals surface area contributed by atoms with Gasteiger partial charge in [0.15, 0.2) is 0 Å². The number of hydrogen-bond donors (Lipinski definition) is 1. The number of ether oxygens (including phenoxy) is 2. The van der Waals surface area contributed by atoms with Crippen LogP contribution in [0.5, 0.6) is 11.5 Å². The molecule has 0 spiro atoms. The minimum absolute atomic E-state index is 0.144. The fourth-order valence-corrected chi connectivity index (χ4v) is 5.74. The highest BCUT2D eigenvalue weighted by atomic mass is 32.2. The van der Waals surface area contributed by atoms with E-state index >= 15 is 0 Å². The fraction of sp³-hybridized carbons (Fsp3) is 0.387. The Hall–Kier alpha value is -2.92. The van der Waals surface area contributed by atoms with E-state index in [1.807, 2.05) is 36.0 Å². The smallest absolute Gasteiger partial charge is 0.307 e. The molecule has 0 radical (unpaired) electrons. The average molecular weight is 503 g/mol. The Kier molecular flexibility index (Phi) is 7.56. The van der Waals surface area contributed by atoms with Crippen molar-refractivity contribution in [2.24, 2.45) is 5.92 Å². The molecule has 0 aromatic heterocycles. The third-order valence-corrected chi connectivity index (χ3v) is 8.01. The zero-order chi connectivity index (χ0) is 25.1. The molecule has 0 heterocycles. The molecule has 188 valence electrons. The van der Waals surface area contributed by atoms with Crippen molar-refractivity contribution in [2.45, 2.75) is 51.6 Å². The minimum atomic E-state index is -0.699. The first kappa shape index (κ1) is 24.8. The molecule has 0 amide bonds. The first-order valence-electron chi connectivity index (χ1n) is 12.9. The van der Waals surface area contributed by atoms with Crippen molar-refractivity contribution in [3.8, 4) is 22.6 Å². The molecule has 2 aliphatic rings. The van der Waals surface area contributed by atoms with Gasteiger partial charge in [-0.15, -0.1) is 0 Å². The topological polar surface area (TPSA) is 55.8 Å². The largest absolute Gasteiger partial charge is 0.494 e. The van der Waals surface area contributed by atoms with Crippen molar-refractivity contribution in [1.82, 2.24) is 0 Å². The van der Waals surface area contributed by atoms with Gasteiger partial charge in [-0.05, 0) is 126 Å². The lowest BCUT2D eigenvalue weighted by molar-refractivity contribution is -0.138. The molecule has 0 aliphatic heterocycles. The van der Waals surface area contributed by atoms with Gasteiger partial charge < -0.3 is 14.6 Å². The summed E-state index contributed by atoms with van der Waals surface area (Å²) >= 11 is 1.86. The number of benzene rings is 3. The van der Waals surface area contributed by atoms with Gasteiger partial charge in [0.2, 0.25) is 0 Å². The summed E-state index contributed by atoms with van der Waals surface area (Å²) in [7, 11) is 0. The molecule has 0 bridgehead atoms. The van der Waals surface area contributed by atoms with E-state index in [4.69, 9.17) is 14.6 Å². The lowest BCUT2D eigenvalue weighted by Crippen LogP contribution is -2.01. The Morgan fingerprint density at radius 2 is 1.81 bits per heavy atom. The van der Waals surface area contributed by atoms with E-state index in [1.54, 1.807) is 0 Å². The highest BCUT2D eigenvalue weighted by Gasteiger charge is 2.44. The summed E-state index contributed by atoms with van der Waals surface area (Å²) in [5.74, 6) is 2.13. The monoisotopic (exact) mass is 502 g/mol. The van der Waals surface area contributed by atoms with Crippen LogP contribution in [0.3, 0.4) is 0 Å². The van der Waals surface area contributed by atoms with Crippen molar-refractivity contribution in [1.29, 1.82) is 0 Å². The summed E-state index contributed by atoms with van der Waals surface area (Å²) in [5, 5.41) is 9.16. The summed E-state index contributed by atoms with van der Waals surface area (Å²) in [4.78, 5) is 11.1. The van der Waals surface area contributed by atoms with Gasteiger partial charge in [0.25, 0.3) is 0 Å². The standard InChI is InChI=1S/C31H34O4S/c1-20-15-26(34-13-4-14-36-2)17-24-6-3-5-22-8-7-21(16-28(22)30(20)24)19-35-25-11-9-23(10-12-25)27-18-29(27)31(32)33/h7-12,15-17,27,29H,3-6,13-14,18-19H2,1-2H3,(H,32,33)/t27-,29?/m1/s1. The first-order valence-corrected chi connectivity index (χ1v) is 14.3. The molecule has 36 heavy (non-hydrogen) atoms.